The molecule has 0 bridgehead atoms. The Bertz CT molecular complexity index is 383. The molecule has 15 heavy (non-hydrogen) atoms. The Morgan fingerprint density at radius 1 is 1.33 bits per heavy atom. The minimum atomic E-state index is 0.107. The van der Waals surface area contributed by atoms with Gasteiger partial charge in [-0.2, -0.15) is 0 Å². The van der Waals surface area contributed by atoms with Gasteiger partial charge >= 0.3 is 0 Å². The standard InChI is InChI=1S/C10H16N4O/c1-7(2)10-12-11-9-6-13(8(3)15)4-5-14(9)10/h7H,4-6H2,1-3H3. The number of rotatable bonds is 1. The molecule has 82 valence electrons. The molecular weight excluding hydrogens is 192 g/mol. The van der Waals surface area contributed by atoms with Gasteiger partial charge in [0.2, 0.25) is 5.91 Å². The first-order valence-electron chi connectivity index (χ1n) is 5.27. The van der Waals surface area contributed by atoms with Crippen LogP contribution in [0.15, 0.2) is 0 Å². The molecule has 0 aromatic carbocycles. The smallest absolute Gasteiger partial charge is 0.219 e. The molecular formula is C10H16N4O. The highest BCUT2D eigenvalue weighted by Gasteiger charge is 2.23. The first-order chi connectivity index (χ1) is 7.09. The van der Waals surface area contributed by atoms with E-state index in [9.17, 15) is 4.79 Å². The minimum Gasteiger partial charge on any atom is -0.334 e. The van der Waals surface area contributed by atoms with Gasteiger partial charge in [-0.25, -0.2) is 0 Å². The largest absolute Gasteiger partial charge is 0.334 e. The van der Waals surface area contributed by atoms with Crippen LogP contribution in [0.5, 0.6) is 0 Å². The van der Waals surface area contributed by atoms with Gasteiger partial charge in [0.1, 0.15) is 5.82 Å². The maximum absolute atomic E-state index is 11.2. The molecule has 0 fully saturated rings. The van der Waals surface area contributed by atoms with Crippen molar-refractivity contribution in [3.05, 3.63) is 11.6 Å². The lowest BCUT2D eigenvalue weighted by Crippen LogP contribution is -2.37. The van der Waals surface area contributed by atoms with Crippen LogP contribution in [0.2, 0.25) is 0 Å². The van der Waals surface area contributed by atoms with Crippen molar-refractivity contribution < 1.29 is 4.79 Å². The number of carbonyl (C=O) groups excluding carboxylic acids is 1. The number of hydrogen-bond donors (Lipinski definition) is 0. The highest BCUT2D eigenvalue weighted by molar-refractivity contribution is 5.73. The summed E-state index contributed by atoms with van der Waals surface area (Å²) in [5, 5.41) is 8.30. The van der Waals surface area contributed by atoms with E-state index >= 15 is 0 Å². The van der Waals surface area contributed by atoms with Crippen molar-refractivity contribution in [2.45, 2.75) is 39.8 Å². The van der Waals surface area contributed by atoms with Gasteiger partial charge in [-0.1, -0.05) is 13.8 Å². The van der Waals surface area contributed by atoms with Gasteiger partial charge in [-0.05, 0) is 0 Å². The molecule has 0 aliphatic carbocycles. The van der Waals surface area contributed by atoms with Gasteiger partial charge < -0.3 is 9.47 Å². The molecule has 0 saturated heterocycles. The third-order valence-electron chi connectivity index (χ3n) is 2.74. The first kappa shape index (κ1) is 10.1. The van der Waals surface area contributed by atoms with Crippen molar-refractivity contribution in [2.75, 3.05) is 6.54 Å². The van der Waals surface area contributed by atoms with Crippen LogP contribution < -0.4 is 0 Å². The summed E-state index contributed by atoms with van der Waals surface area (Å²) in [6.45, 7) is 7.98. The topological polar surface area (TPSA) is 51.0 Å². The summed E-state index contributed by atoms with van der Waals surface area (Å²) in [6.07, 6.45) is 0. The van der Waals surface area contributed by atoms with Gasteiger partial charge in [0.05, 0.1) is 6.54 Å². The SMILES string of the molecule is CC(=O)N1CCn2c(nnc2C(C)C)C1. The Morgan fingerprint density at radius 2 is 2.07 bits per heavy atom. The number of hydrogen-bond acceptors (Lipinski definition) is 3. The fraction of sp³-hybridized carbons (Fsp3) is 0.700. The average molecular weight is 208 g/mol. The summed E-state index contributed by atoms with van der Waals surface area (Å²) in [6, 6.07) is 0. The second kappa shape index (κ2) is 3.64. The van der Waals surface area contributed by atoms with Crippen molar-refractivity contribution in [2.24, 2.45) is 0 Å². The predicted molar refractivity (Wildman–Crippen MR) is 55.2 cm³/mol. The molecule has 0 saturated carbocycles. The number of aromatic nitrogens is 3. The number of fused-ring (bicyclic) bond motifs is 1. The van der Waals surface area contributed by atoms with Crippen molar-refractivity contribution in [3.63, 3.8) is 0 Å². The van der Waals surface area contributed by atoms with E-state index in [2.05, 4.69) is 28.6 Å². The molecule has 1 aromatic heterocycles. The van der Waals surface area contributed by atoms with Crippen molar-refractivity contribution >= 4 is 5.91 Å². The second-order valence-corrected chi connectivity index (χ2v) is 4.22. The maximum Gasteiger partial charge on any atom is 0.219 e. The monoisotopic (exact) mass is 208 g/mol. The lowest BCUT2D eigenvalue weighted by Gasteiger charge is -2.27. The van der Waals surface area contributed by atoms with Crippen LogP contribution in [0, 0.1) is 0 Å². The minimum absolute atomic E-state index is 0.107. The van der Waals surface area contributed by atoms with E-state index in [1.165, 1.54) is 0 Å². The van der Waals surface area contributed by atoms with Crippen molar-refractivity contribution in [3.8, 4) is 0 Å². The molecule has 0 radical (unpaired) electrons. The molecule has 2 rings (SSSR count). The Hall–Kier alpha value is -1.39. The van der Waals surface area contributed by atoms with Crippen molar-refractivity contribution in [1.29, 1.82) is 0 Å². The van der Waals surface area contributed by atoms with Gasteiger partial charge in [0.15, 0.2) is 5.82 Å². The van der Waals surface area contributed by atoms with Gasteiger partial charge in [-0.15, -0.1) is 10.2 Å². The molecule has 0 N–H and O–H groups in total. The molecule has 1 aromatic rings. The summed E-state index contributed by atoms with van der Waals surface area (Å²) in [4.78, 5) is 13.0. The normalized spacial score (nSPS) is 15.6. The highest BCUT2D eigenvalue weighted by atomic mass is 16.2. The Morgan fingerprint density at radius 3 is 2.67 bits per heavy atom. The van der Waals surface area contributed by atoms with Gasteiger partial charge in [0, 0.05) is 25.9 Å². The Labute approximate surface area is 89.1 Å². The van der Waals surface area contributed by atoms with Crippen molar-refractivity contribution in [1.82, 2.24) is 19.7 Å². The first-order valence-corrected chi connectivity index (χ1v) is 5.27. The summed E-state index contributed by atoms with van der Waals surface area (Å²) in [5.41, 5.74) is 0. The van der Waals surface area contributed by atoms with E-state index in [4.69, 9.17) is 0 Å². The van der Waals surface area contributed by atoms with Crippen LogP contribution in [-0.4, -0.2) is 32.1 Å². The van der Waals surface area contributed by atoms with E-state index in [0.717, 1.165) is 24.7 Å². The predicted octanol–water partition coefficient (Wildman–Crippen LogP) is 0.764. The Kier molecular flexibility index (Phi) is 2.46. The number of carbonyl (C=O) groups is 1. The quantitative estimate of drug-likeness (QED) is 0.684. The van der Waals surface area contributed by atoms with Crippen LogP contribution in [0.25, 0.3) is 0 Å². The van der Waals surface area contributed by atoms with Gasteiger partial charge in [0.25, 0.3) is 0 Å². The lowest BCUT2D eigenvalue weighted by atomic mass is 10.2. The molecule has 1 amide bonds. The summed E-state index contributed by atoms with van der Waals surface area (Å²) >= 11 is 0. The number of amides is 1. The molecule has 5 nitrogen and oxygen atoms in total. The van der Waals surface area contributed by atoms with Crippen LogP contribution in [0.1, 0.15) is 38.3 Å². The van der Waals surface area contributed by atoms with E-state index < -0.39 is 0 Å². The molecule has 2 heterocycles. The summed E-state index contributed by atoms with van der Waals surface area (Å²) in [5.74, 6) is 2.42. The van der Waals surface area contributed by atoms with Gasteiger partial charge in [-0.3, -0.25) is 4.79 Å². The zero-order chi connectivity index (χ0) is 11.0. The average Bonchev–Trinajstić information content (AvgIpc) is 2.59. The van der Waals surface area contributed by atoms with Crippen LogP contribution in [0.4, 0.5) is 0 Å². The van der Waals surface area contributed by atoms with Crippen LogP contribution >= 0.6 is 0 Å². The van der Waals surface area contributed by atoms with E-state index in [1.807, 2.05) is 0 Å². The molecule has 0 spiro atoms. The Balaban J connectivity index is 2.26. The maximum atomic E-state index is 11.2. The van der Waals surface area contributed by atoms with E-state index in [0.29, 0.717) is 12.5 Å². The third kappa shape index (κ3) is 1.73. The zero-order valence-electron chi connectivity index (χ0n) is 9.40. The summed E-state index contributed by atoms with van der Waals surface area (Å²) in [7, 11) is 0. The molecule has 0 unspecified atom stereocenters. The lowest BCUT2D eigenvalue weighted by molar-refractivity contribution is -0.130. The third-order valence-corrected chi connectivity index (χ3v) is 2.74. The molecule has 1 aliphatic heterocycles. The van der Waals surface area contributed by atoms with Crippen LogP contribution in [-0.2, 0) is 17.9 Å². The molecule has 1 aliphatic rings. The number of nitrogens with zero attached hydrogens (tertiary/aromatic N) is 4. The summed E-state index contributed by atoms with van der Waals surface area (Å²) < 4.78 is 2.13. The molecule has 0 atom stereocenters. The fourth-order valence-corrected chi connectivity index (χ4v) is 1.88. The molecule has 5 heteroatoms. The second-order valence-electron chi connectivity index (χ2n) is 4.22. The highest BCUT2D eigenvalue weighted by Crippen LogP contribution is 2.17. The van der Waals surface area contributed by atoms with E-state index in [-0.39, 0.29) is 5.91 Å². The fourth-order valence-electron chi connectivity index (χ4n) is 1.88. The van der Waals surface area contributed by atoms with E-state index in [1.54, 1.807) is 11.8 Å². The zero-order valence-corrected chi connectivity index (χ0v) is 9.40. The van der Waals surface area contributed by atoms with Crippen LogP contribution in [0.3, 0.4) is 0 Å².